The van der Waals surface area contributed by atoms with Crippen molar-refractivity contribution < 1.29 is 10.2 Å². The molecule has 0 amide bonds. The number of benzene rings is 1. The van der Waals surface area contributed by atoms with Crippen molar-refractivity contribution in [2.45, 2.75) is 31.7 Å². The lowest BCUT2D eigenvalue weighted by atomic mass is 9.89. The minimum atomic E-state index is -0.0285. The van der Waals surface area contributed by atoms with E-state index in [2.05, 4.69) is 10.2 Å². The maximum absolute atomic E-state index is 9.81. The lowest BCUT2D eigenvalue weighted by molar-refractivity contribution is 0.125. The quantitative estimate of drug-likeness (QED) is 0.741. The largest absolute Gasteiger partial charge is 0.504 e. The zero-order chi connectivity index (χ0) is 13.9. The van der Waals surface area contributed by atoms with Crippen molar-refractivity contribution >= 4 is 0 Å². The van der Waals surface area contributed by atoms with Gasteiger partial charge in [-0.2, -0.15) is 0 Å². The molecule has 1 saturated carbocycles. The summed E-state index contributed by atoms with van der Waals surface area (Å²) in [5, 5.41) is 22.7. The summed E-state index contributed by atoms with van der Waals surface area (Å²) >= 11 is 0. The third-order valence-corrected chi connectivity index (χ3v) is 4.73. The molecule has 0 radical (unpaired) electrons. The van der Waals surface area contributed by atoms with Crippen LogP contribution in [0.5, 0.6) is 11.5 Å². The normalized spacial score (nSPS) is 23.0. The number of hydrogen-bond acceptors (Lipinski definition) is 4. The third kappa shape index (κ3) is 2.76. The number of phenolic OH excluding ortho intramolecular Hbond substituents is 2. The highest BCUT2D eigenvalue weighted by atomic mass is 16.3. The molecule has 1 aromatic rings. The van der Waals surface area contributed by atoms with Crippen LogP contribution in [0.1, 0.15) is 37.3 Å². The predicted molar refractivity (Wildman–Crippen MR) is 78.9 cm³/mol. The molecule has 110 valence electrons. The van der Waals surface area contributed by atoms with Crippen molar-refractivity contribution in [3.05, 3.63) is 23.8 Å². The van der Waals surface area contributed by atoms with E-state index in [4.69, 9.17) is 0 Å². The van der Waals surface area contributed by atoms with Gasteiger partial charge in [-0.25, -0.2) is 0 Å². The summed E-state index contributed by atoms with van der Waals surface area (Å²) < 4.78 is 0. The standard InChI is InChI=1S/C16H24N2O2/c19-14-6-5-13(11-15(14)20)16(12-3-1-2-4-12)18-9-7-17-8-10-18/h5-6,11-12,16-17,19-20H,1-4,7-10H2/t16-/m0/s1. The van der Waals surface area contributed by atoms with Gasteiger partial charge in [-0.3, -0.25) is 4.90 Å². The first-order chi connectivity index (χ1) is 9.75. The minimum Gasteiger partial charge on any atom is -0.504 e. The lowest BCUT2D eigenvalue weighted by Gasteiger charge is -2.38. The second kappa shape index (κ2) is 6.02. The van der Waals surface area contributed by atoms with E-state index in [1.165, 1.54) is 25.7 Å². The molecule has 1 atom stereocenters. The van der Waals surface area contributed by atoms with Gasteiger partial charge in [0.1, 0.15) is 0 Å². The van der Waals surface area contributed by atoms with Gasteiger partial charge in [0.25, 0.3) is 0 Å². The molecule has 4 heteroatoms. The smallest absolute Gasteiger partial charge is 0.157 e. The van der Waals surface area contributed by atoms with E-state index in [9.17, 15) is 10.2 Å². The molecule has 3 N–H and O–H groups in total. The Hall–Kier alpha value is -1.26. The van der Waals surface area contributed by atoms with Gasteiger partial charge >= 0.3 is 0 Å². The van der Waals surface area contributed by atoms with Crippen molar-refractivity contribution in [3.63, 3.8) is 0 Å². The van der Waals surface area contributed by atoms with Gasteiger partial charge in [0.2, 0.25) is 0 Å². The third-order valence-electron chi connectivity index (χ3n) is 4.73. The van der Waals surface area contributed by atoms with E-state index in [1.54, 1.807) is 12.1 Å². The first kappa shape index (κ1) is 13.7. The fraction of sp³-hybridized carbons (Fsp3) is 0.625. The molecule has 1 aliphatic heterocycles. The molecule has 2 aliphatic rings. The van der Waals surface area contributed by atoms with Gasteiger partial charge in [0.15, 0.2) is 11.5 Å². The van der Waals surface area contributed by atoms with Gasteiger partial charge in [-0.15, -0.1) is 0 Å². The van der Waals surface area contributed by atoms with E-state index in [1.807, 2.05) is 6.07 Å². The molecule has 3 rings (SSSR count). The number of aromatic hydroxyl groups is 2. The van der Waals surface area contributed by atoms with E-state index in [0.717, 1.165) is 31.7 Å². The van der Waals surface area contributed by atoms with Crippen molar-refractivity contribution in [1.29, 1.82) is 0 Å². The van der Waals surface area contributed by atoms with Crippen LogP contribution in [0, 0.1) is 5.92 Å². The second-order valence-electron chi connectivity index (χ2n) is 6.02. The maximum atomic E-state index is 9.81. The molecular weight excluding hydrogens is 252 g/mol. The summed E-state index contributed by atoms with van der Waals surface area (Å²) in [4.78, 5) is 2.54. The topological polar surface area (TPSA) is 55.7 Å². The Labute approximate surface area is 120 Å². The van der Waals surface area contributed by atoms with E-state index in [-0.39, 0.29) is 11.5 Å². The van der Waals surface area contributed by atoms with Crippen LogP contribution >= 0.6 is 0 Å². The molecule has 1 saturated heterocycles. The predicted octanol–water partition coefficient (Wildman–Crippen LogP) is 2.23. The summed E-state index contributed by atoms with van der Waals surface area (Å²) in [6.45, 7) is 4.19. The first-order valence-electron chi connectivity index (χ1n) is 7.72. The van der Waals surface area contributed by atoms with Crippen molar-refractivity contribution in [2.75, 3.05) is 26.2 Å². The molecule has 4 nitrogen and oxygen atoms in total. The van der Waals surface area contributed by atoms with Crippen molar-refractivity contribution in [3.8, 4) is 11.5 Å². The number of phenols is 2. The molecule has 0 aromatic heterocycles. The van der Waals surface area contributed by atoms with Crippen molar-refractivity contribution in [1.82, 2.24) is 10.2 Å². The Bertz CT molecular complexity index is 452. The van der Waals surface area contributed by atoms with Gasteiger partial charge in [0, 0.05) is 32.2 Å². The fourth-order valence-electron chi connectivity index (χ4n) is 3.74. The maximum Gasteiger partial charge on any atom is 0.157 e. The van der Waals surface area contributed by atoms with Crippen LogP contribution in [0.15, 0.2) is 18.2 Å². The molecule has 1 heterocycles. The second-order valence-corrected chi connectivity index (χ2v) is 6.02. The summed E-state index contributed by atoms with van der Waals surface area (Å²) in [7, 11) is 0. The number of hydrogen-bond donors (Lipinski definition) is 3. The van der Waals surface area contributed by atoms with Crippen molar-refractivity contribution in [2.24, 2.45) is 5.92 Å². The van der Waals surface area contributed by atoms with Crippen LogP contribution in [0.2, 0.25) is 0 Å². The number of piperazine rings is 1. The summed E-state index contributed by atoms with van der Waals surface area (Å²) in [6.07, 6.45) is 5.18. The summed E-state index contributed by atoms with van der Waals surface area (Å²) in [6, 6.07) is 5.72. The Morgan fingerprint density at radius 3 is 2.40 bits per heavy atom. The van der Waals surface area contributed by atoms with Gasteiger partial charge < -0.3 is 15.5 Å². The molecule has 20 heavy (non-hydrogen) atoms. The van der Waals surface area contributed by atoms with E-state index in [0.29, 0.717) is 12.0 Å². The summed E-state index contributed by atoms with van der Waals surface area (Å²) in [5.41, 5.74) is 1.15. The molecule has 1 aromatic carbocycles. The van der Waals surface area contributed by atoms with Crippen LogP contribution in [0.3, 0.4) is 0 Å². The molecular formula is C16H24N2O2. The Balaban J connectivity index is 1.88. The van der Waals surface area contributed by atoms with Crippen LogP contribution in [0.4, 0.5) is 0 Å². The molecule has 2 fully saturated rings. The zero-order valence-electron chi connectivity index (χ0n) is 11.9. The van der Waals surface area contributed by atoms with E-state index >= 15 is 0 Å². The highest BCUT2D eigenvalue weighted by molar-refractivity contribution is 5.41. The summed E-state index contributed by atoms with van der Waals surface area (Å²) in [5.74, 6) is 0.650. The lowest BCUT2D eigenvalue weighted by Crippen LogP contribution is -2.46. The van der Waals surface area contributed by atoms with Gasteiger partial charge in [-0.1, -0.05) is 18.9 Å². The fourth-order valence-corrected chi connectivity index (χ4v) is 3.74. The average Bonchev–Trinajstić information content (AvgIpc) is 2.98. The number of nitrogens with zero attached hydrogens (tertiary/aromatic N) is 1. The van der Waals surface area contributed by atoms with Crippen LogP contribution in [0.25, 0.3) is 0 Å². The minimum absolute atomic E-state index is 0.000585. The van der Waals surface area contributed by atoms with Gasteiger partial charge in [-0.05, 0) is 36.5 Å². The monoisotopic (exact) mass is 276 g/mol. The Kier molecular flexibility index (Phi) is 4.13. The number of nitrogens with one attached hydrogen (secondary N) is 1. The molecule has 0 spiro atoms. The SMILES string of the molecule is Oc1ccc([C@H](C2CCCC2)N2CCNCC2)cc1O. The Morgan fingerprint density at radius 1 is 1.05 bits per heavy atom. The average molecular weight is 276 g/mol. The molecule has 1 aliphatic carbocycles. The molecule has 0 bridgehead atoms. The van der Waals surface area contributed by atoms with Crippen LogP contribution < -0.4 is 5.32 Å². The zero-order valence-corrected chi connectivity index (χ0v) is 11.9. The molecule has 0 unspecified atom stereocenters. The number of rotatable bonds is 3. The van der Waals surface area contributed by atoms with Crippen LogP contribution in [-0.2, 0) is 0 Å². The Morgan fingerprint density at radius 2 is 1.75 bits per heavy atom. The van der Waals surface area contributed by atoms with Gasteiger partial charge in [0.05, 0.1) is 0 Å². The highest BCUT2D eigenvalue weighted by Crippen LogP contribution is 2.41. The van der Waals surface area contributed by atoms with E-state index < -0.39 is 0 Å². The van der Waals surface area contributed by atoms with Crippen LogP contribution in [-0.4, -0.2) is 41.3 Å². The highest BCUT2D eigenvalue weighted by Gasteiger charge is 2.32. The first-order valence-corrected chi connectivity index (χ1v) is 7.72.